The van der Waals surface area contributed by atoms with Crippen LogP contribution in [0.4, 0.5) is 19.0 Å². The Morgan fingerprint density at radius 1 is 1.25 bits per heavy atom. The molecular weight excluding hydrogens is 219 g/mol. The summed E-state index contributed by atoms with van der Waals surface area (Å²) in [6.07, 6.45) is -3.74. The van der Waals surface area contributed by atoms with Gasteiger partial charge in [0, 0.05) is 18.2 Å². The van der Waals surface area contributed by atoms with E-state index >= 15 is 0 Å². The largest absolute Gasteiger partial charge is 0.389 e. The topological polar surface area (TPSA) is 51.8 Å². The lowest BCUT2D eigenvalue weighted by Gasteiger charge is -2.07. The normalized spacial score (nSPS) is 11.8. The van der Waals surface area contributed by atoms with Crippen LogP contribution < -0.4 is 5.73 Å². The molecule has 0 saturated heterocycles. The number of nitrogens with two attached hydrogens (primary N) is 1. The molecule has 1 aromatic heterocycles. The van der Waals surface area contributed by atoms with Crippen LogP contribution >= 0.6 is 0 Å². The molecule has 0 bridgehead atoms. The molecule has 1 heterocycles. The van der Waals surface area contributed by atoms with E-state index in [1.807, 2.05) is 6.92 Å². The molecule has 0 amide bonds. The van der Waals surface area contributed by atoms with E-state index in [4.69, 9.17) is 5.73 Å². The van der Waals surface area contributed by atoms with Crippen LogP contribution in [0.1, 0.15) is 31.3 Å². The number of hydrogen-bond donors (Lipinski definition) is 1. The van der Waals surface area contributed by atoms with E-state index in [9.17, 15) is 13.2 Å². The molecule has 90 valence electrons. The predicted octanol–water partition coefficient (Wildman–Crippen LogP) is 2.51. The Kier molecular flexibility index (Phi) is 4.09. The summed E-state index contributed by atoms with van der Waals surface area (Å²) in [5.74, 6) is 0.399. The van der Waals surface area contributed by atoms with Crippen LogP contribution in [0.25, 0.3) is 0 Å². The fourth-order valence-corrected chi connectivity index (χ4v) is 1.32. The summed E-state index contributed by atoms with van der Waals surface area (Å²) >= 11 is 0. The Hall–Kier alpha value is -1.33. The van der Waals surface area contributed by atoms with E-state index < -0.39 is 12.6 Å². The van der Waals surface area contributed by atoms with E-state index in [0.29, 0.717) is 12.1 Å². The number of nitrogen functional groups attached to an aromatic ring is 1. The highest BCUT2D eigenvalue weighted by Gasteiger charge is 2.27. The van der Waals surface area contributed by atoms with Gasteiger partial charge in [0.25, 0.3) is 0 Å². The lowest BCUT2D eigenvalue weighted by Crippen LogP contribution is -2.11. The highest BCUT2D eigenvalue weighted by atomic mass is 19.4. The first-order valence-corrected chi connectivity index (χ1v) is 5.10. The molecule has 0 unspecified atom stereocenters. The summed E-state index contributed by atoms with van der Waals surface area (Å²) in [5, 5.41) is 0. The number of hydrogen-bond acceptors (Lipinski definition) is 3. The van der Waals surface area contributed by atoms with Gasteiger partial charge >= 0.3 is 6.18 Å². The first kappa shape index (κ1) is 12.7. The molecule has 6 heteroatoms. The van der Waals surface area contributed by atoms with E-state index in [1.54, 1.807) is 6.07 Å². The Labute approximate surface area is 91.9 Å². The van der Waals surface area contributed by atoms with Crippen LogP contribution in [0.3, 0.4) is 0 Å². The maximum atomic E-state index is 12.0. The SMILES string of the molecule is CCCc1cc(N)nc(CCC(F)(F)F)n1. The molecule has 0 saturated carbocycles. The van der Waals surface area contributed by atoms with Gasteiger partial charge in [0.1, 0.15) is 11.6 Å². The van der Waals surface area contributed by atoms with Gasteiger partial charge in [-0.2, -0.15) is 13.2 Å². The smallest absolute Gasteiger partial charge is 0.384 e. The number of nitrogens with zero attached hydrogens (tertiary/aromatic N) is 2. The third-order valence-electron chi connectivity index (χ3n) is 1.98. The quantitative estimate of drug-likeness (QED) is 0.869. The van der Waals surface area contributed by atoms with Crippen LogP contribution in [0, 0.1) is 0 Å². The van der Waals surface area contributed by atoms with Gasteiger partial charge in [-0.1, -0.05) is 13.3 Å². The summed E-state index contributed by atoms with van der Waals surface area (Å²) in [6.45, 7) is 1.97. The molecular formula is C10H14F3N3. The average molecular weight is 233 g/mol. The highest BCUT2D eigenvalue weighted by Crippen LogP contribution is 2.21. The van der Waals surface area contributed by atoms with Crippen molar-refractivity contribution in [2.24, 2.45) is 0 Å². The number of halogens is 3. The number of aromatic nitrogens is 2. The second-order valence-electron chi connectivity index (χ2n) is 3.57. The average Bonchev–Trinajstić information content (AvgIpc) is 2.13. The third kappa shape index (κ3) is 4.46. The van der Waals surface area contributed by atoms with Crippen molar-refractivity contribution in [3.63, 3.8) is 0 Å². The van der Waals surface area contributed by atoms with Gasteiger partial charge in [0.05, 0.1) is 6.42 Å². The first-order valence-electron chi connectivity index (χ1n) is 5.10. The maximum absolute atomic E-state index is 12.0. The third-order valence-corrected chi connectivity index (χ3v) is 1.98. The fourth-order valence-electron chi connectivity index (χ4n) is 1.32. The second-order valence-corrected chi connectivity index (χ2v) is 3.57. The predicted molar refractivity (Wildman–Crippen MR) is 54.8 cm³/mol. The molecule has 0 fully saturated rings. The van der Waals surface area contributed by atoms with Crippen molar-refractivity contribution in [1.29, 1.82) is 0 Å². The molecule has 0 spiro atoms. The van der Waals surface area contributed by atoms with Crippen molar-refractivity contribution in [2.75, 3.05) is 5.73 Å². The lowest BCUT2D eigenvalue weighted by atomic mass is 10.2. The van der Waals surface area contributed by atoms with Crippen molar-refractivity contribution < 1.29 is 13.2 Å². The van der Waals surface area contributed by atoms with Crippen molar-refractivity contribution in [3.05, 3.63) is 17.6 Å². The van der Waals surface area contributed by atoms with Crippen molar-refractivity contribution in [2.45, 2.75) is 38.8 Å². The van der Waals surface area contributed by atoms with E-state index in [1.165, 1.54) is 0 Å². The van der Waals surface area contributed by atoms with Crippen LogP contribution in [0.15, 0.2) is 6.07 Å². The summed E-state index contributed by atoms with van der Waals surface area (Å²) in [7, 11) is 0. The van der Waals surface area contributed by atoms with E-state index in [2.05, 4.69) is 9.97 Å². The summed E-state index contributed by atoms with van der Waals surface area (Å²) < 4.78 is 36.0. The molecule has 2 N–H and O–H groups in total. The molecule has 16 heavy (non-hydrogen) atoms. The standard InChI is InChI=1S/C10H14F3N3/c1-2-3-7-6-8(14)16-9(15-7)4-5-10(11,12)13/h6H,2-5H2,1H3,(H2,14,15,16). The summed E-state index contributed by atoms with van der Waals surface area (Å²) in [5.41, 5.74) is 6.20. The van der Waals surface area contributed by atoms with E-state index in [0.717, 1.165) is 6.42 Å². The van der Waals surface area contributed by atoms with Gasteiger partial charge in [0.2, 0.25) is 0 Å². The molecule has 0 aliphatic rings. The zero-order chi connectivity index (χ0) is 12.2. The number of anilines is 1. The van der Waals surface area contributed by atoms with Gasteiger partial charge in [-0.25, -0.2) is 9.97 Å². The minimum atomic E-state index is -4.18. The minimum absolute atomic E-state index is 0.167. The Balaban J connectivity index is 2.72. The van der Waals surface area contributed by atoms with Crippen molar-refractivity contribution >= 4 is 5.82 Å². The Bertz CT molecular complexity index is 350. The van der Waals surface area contributed by atoms with Crippen LogP contribution in [0.2, 0.25) is 0 Å². The Morgan fingerprint density at radius 3 is 2.50 bits per heavy atom. The highest BCUT2D eigenvalue weighted by molar-refractivity contribution is 5.29. The Morgan fingerprint density at radius 2 is 1.94 bits per heavy atom. The lowest BCUT2D eigenvalue weighted by molar-refractivity contribution is -0.134. The number of rotatable bonds is 4. The van der Waals surface area contributed by atoms with Gasteiger partial charge in [0.15, 0.2) is 0 Å². The molecule has 0 atom stereocenters. The monoisotopic (exact) mass is 233 g/mol. The fraction of sp³-hybridized carbons (Fsp3) is 0.600. The van der Waals surface area contributed by atoms with Gasteiger partial charge < -0.3 is 5.73 Å². The van der Waals surface area contributed by atoms with Crippen LogP contribution in [-0.4, -0.2) is 16.1 Å². The minimum Gasteiger partial charge on any atom is -0.384 e. The van der Waals surface area contributed by atoms with Gasteiger partial charge in [-0.3, -0.25) is 0 Å². The zero-order valence-electron chi connectivity index (χ0n) is 9.01. The molecule has 0 aromatic carbocycles. The number of alkyl halides is 3. The van der Waals surface area contributed by atoms with E-state index in [-0.39, 0.29) is 18.1 Å². The molecule has 3 nitrogen and oxygen atoms in total. The molecule has 0 aliphatic carbocycles. The van der Waals surface area contributed by atoms with Crippen molar-refractivity contribution in [1.82, 2.24) is 9.97 Å². The summed E-state index contributed by atoms with van der Waals surface area (Å²) in [6, 6.07) is 1.60. The molecule has 1 rings (SSSR count). The summed E-state index contributed by atoms with van der Waals surface area (Å²) in [4.78, 5) is 7.82. The number of aryl methyl sites for hydroxylation is 2. The second kappa shape index (κ2) is 5.14. The molecule has 0 aliphatic heterocycles. The molecule has 1 aromatic rings. The van der Waals surface area contributed by atoms with Crippen molar-refractivity contribution in [3.8, 4) is 0 Å². The van der Waals surface area contributed by atoms with Crippen LogP contribution in [-0.2, 0) is 12.8 Å². The maximum Gasteiger partial charge on any atom is 0.389 e. The first-order chi connectivity index (χ1) is 7.40. The van der Waals surface area contributed by atoms with Gasteiger partial charge in [-0.15, -0.1) is 0 Å². The van der Waals surface area contributed by atoms with Crippen LogP contribution in [0.5, 0.6) is 0 Å². The van der Waals surface area contributed by atoms with Gasteiger partial charge in [-0.05, 0) is 6.42 Å². The molecule has 0 radical (unpaired) electrons. The zero-order valence-corrected chi connectivity index (χ0v) is 9.01.